The van der Waals surface area contributed by atoms with Crippen LogP contribution in [-0.2, 0) is 9.59 Å². The topological polar surface area (TPSA) is 109 Å². The summed E-state index contributed by atoms with van der Waals surface area (Å²) in [7, 11) is 0. The summed E-state index contributed by atoms with van der Waals surface area (Å²) in [6.45, 7) is 4.21. The van der Waals surface area contributed by atoms with Gasteiger partial charge in [0.15, 0.2) is 16.7 Å². The number of hydrogen-bond acceptors (Lipinski definition) is 7. The maximum Gasteiger partial charge on any atom is 0.266 e. The lowest BCUT2D eigenvalue weighted by Gasteiger charge is -2.60. The van der Waals surface area contributed by atoms with Gasteiger partial charge in [-0.2, -0.15) is 0 Å². The molecule has 2 aromatic carbocycles. The van der Waals surface area contributed by atoms with Gasteiger partial charge in [-0.1, -0.05) is 61.5 Å². The number of aromatic nitrogens is 2. The van der Waals surface area contributed by atoms with Crippen LogP contribution in [0.3, 0.4) is 0 Å². The fourth-order valence-electron chi connectivity index (χ4n) is 9.41. The highest BCUT2D eigenvalue weighted by Gasteiger charge is 2.68. The van der Waals surface area contributed by atoms with Crippen LogP contribution in [0.4, 0.5) is 0 Å². The standard InChI is InChI=1S/C35H38N2O5S/c1-33-16-14-23(38)18-21(33)12-13-24-26-15-17-35(42,34(26,2)19-28(39)30(24)33)29(40)20-43-32-36-27-11-7-6-10-25(27)31(41)37(32)22-8-4-3-5-9-22/h3-11,18,24,26,28,30,39,42H,12-17,19-20H2,1-2H3/t24?,26?,28-,30?,33?,34?,35-/m0/s1. The molecule has 0 spiro atoms. The molecule has 224 valence electrons. The molecule has 43 heavy (non-hydrogen) atoms. The first-order chi connectivity index (χ1) is 20.6. The molecular weight excluding hydrogens is 560 g/mol. The Balaban J connectivity index is 1.18. The van der Waals surface area contributed by atoms with Gasteiger partial charge < -0.3 is 10.2 Å². The fraction of sp³-hybridized carbons (Fsp3) is 0.486. The number of para-hydroxylation sites is 2. The summed E-state index contributed by atoms with van der Waals surface area (Å²) in [4.78, 5) is 44.7. The Kier molecular flexibility index (Phi) is 6.84. The lowest BCUT2D eigenvalue weighted by Crippen LogP contribution is -2.62. The van der Waals surface area contributed by atoms with E-state index in [0.29, 0.717) is 41.0 Å². The highest BCUT2D eigenvalue weighted by atomic mass is 32.2. The minimum Gasteiger partial charge on any atom is -0.393 e. The third kappa shape index (κ3) is 4.24. The lowest BCUT2D eigenvalue weighted by atomic mass is 9.45. The predicted octanol–water partition coefficient (Wildman–Crippen LogP) is 5.28. The number of ketones is 2. The van der Waals surface area contributed by atoms with E-state index in [1.54, 1.807) is 16.7 Å². The van der Waals surface area contributed by atoms with Crippen molar-refractivity contribution < 1.29 is 19.8 Å². The van der Waals surface area contributed by atoms with E-state index in [1.165, 1.54) is 17.3 Å². The summed E-state index contributed by atoms with van der Waals surface area (Å²) >= 11 is 1.18. The molecule has 0 bridgehead atoms. The van der Waals surface area contributed by atoms with Gasteiger partial charge >= 0.3 is 0 Å². The second-order valence-corrected chi connectivity index (χ2v) is 14.5. The van der Waals surface area contributed by atoms with E-state index in [4.69, 9.17) is 4.98 Å². The molecule has 7 atom stereocenters. The molecule has 7 rings (SSSR count). The van der Waals surface area contributed by atoms with Crippen LogP contribution in [0.15, 0.2) is 76.2 Å². The van der Waals surface area contributed by atoms with E-state index in [1.807, 2.05) is 55.5 Å². The molecule has 2 N–H and O–H groups in total. The molecule has 0 saturated heterocycles. The minimum absolute atomic E-state index is 0.0209. The third-order valence-electron chi connectivity index (χ3n) is 11.6. The minimum atomic E-state index is -1.58. The number of allylic oxidation sites excluding steroid dienone is 1. The number of carbonyl (C=O) groups is 2. The Morgan fingerprint density at radius 2 is 1.77 bits per heavy atom. The molecule has 1 heterocycles. The van der Waals surface area contributed by atoms with Crippen molar-refractivity contribution in [1.29, 1.82) is 0 Å². The number of fused-ring (bicyclic) bond motifs is 6. The zero-order valence-electron chi connectivity index (χ0n) is 24.7. The van der Waals surface area contributed by atoms with Gasteiger partial charge in [0.2, 0.25) is 0 Å². The van der Waals surface area contributed by atoms with Crippen molar-refractivity contribution in [3.63, 3.8) is 0 Å². The lowest BCUT2D eigenvalue weighted by molar-refractivity contribution is -0.178. The number of nitrogens with zero attached hydrogens (tertiary/aromatic N) is 2. The van der Waals surface area contributed by atoms with E-state index >= 15 is 0 Å². The van der Waals surface area contributed by atoms with Crippen molar-refractivity contribution in [2.75, 3.05) is 5.75 Å². The van der Waals surface area contributed by atoms with Gasteiger partial charge in [0.25, 0.3) is 5.56 Å². The number of rotatable bonds is 5. The highest BCUT2D eigenvalue weighted by Crippen LogP contribution is 2.67. The molecule has 0 amide bonds. The number of benzene rings is 2. The van der Waals surface area contributed by atoms with Crippen molar-refractivity contribution in [2.45, 2.75) is 75.7 Å². The summed E-state index contributed by atoms with van der Waals surface area (Å²) in [5.41, 5.74) is -0.373. The fourth-order valence-corrected chi connectivity index (χ4v) is 10.4. The number of aliphatic hydroxyl groups is 2. The number of Topliss-reactive ketones (excluding diaryl/α,β-unsaturated/α-hetero) is 1. The molecule has 3 fully saturated rings. The Morgan fingerprint density at radius 3 is 2.56 bits per heavy atom. The third-order valence-corrected chi connectivity index (χ3v) is 12.5. The monoisotopic (exact) mass is 598 g/mol. The Morgan fingerprint density at radius 1 is 1.02 bits per heavy atom. The Labute approximate surface area is 255 Å². The van der Waals surface area contributed by atoms with Crippen molar-refractivity contribution in [3.05, 3.63) is 76.6 Å². The summed E-state index contributed by atoms with van der Waals surface area (Å²) in [6.07, 6.45) is 5.55. The normalized spacial score (nSPS) is 35.2. The second kappa shape index (κ2) is 10.2. The molecule has 8 heteroatoms. The summed E-state index contributed by atoms with van der Waals surface area (Å²) < 4.78 is 1.54. The van der Waals surface area contributed by atoms with Crippen LogP contribution in [0.1, 0.15) is 58.8 Å². The van der Waals surface area contributed by atoms with Gasteiger partial charge in [-0.15, -0.1) is 0 Å². The molecule has 3 aromatic rings. The molecule has 5 unspecified atom stereocenters. The quantitative estimate of drug-likeness (QED) is 0.304. The van der Waals surface area contributed by atoms with Gasteiger partial charge in [0.05, 0.1) is 28.4 Å². The summed E-state index contributed by atoms with van der Waals surface area (Å²) in [6, 6.07) is 16.5. The Hall–Kier alpha value is -3.07. The van der Waals surface area contributed by atoms with E-state index in [9.17, 15) is 24.6 Å². The predicted molar refractivity (Wildman–Crippen MR) is 166 cm³/mol. The van der Waals surface area contributed by atoms with Crippen LogP contribution in [0.2, 0.25) is 0 Å². The maximum atomic E-state index is 14.1. The van der Waals surface area contributed by atoms with E-state index in [2.05, 4.69) is 6.92 Å². The maximum absolute atomic E-state index is 14.1. The second-order valence-electron chi connectivity index (χ2n) is 13.6. The van der Waals surface area contributed by atoms with Gasteiger partial charge in [-0.05, 0) is 92.0 Å². The molecular formula is C35H38N2O5S. The number of aliphatic hydroxyl groups excluding tert-OH is 1. The van der Waals surface area contributed by atoms with E-state index in [-0.39, 0.29) is 46.0 Å². The van der Waals surface area contributed by atoms with Gasteiger partial charge in [0.1, 0.15) is 5.60 Å². The van der Waals surface area contributed by atoms with E-state index < -0.39 is 17.1 Å². The zero-order valence-corrected chi connectivity index (χ0v) is 25.5. The SMILES string of the molecule is CC12CCC(=O)C=C1CCC1C2[C@@H](O)CC2(C)C1CC[C@]2(O)C(=O)CSc1nc2ccccc2c(=O)n1-c1ccccc1. The Bertz CT molecular complexity index is 1720. The van der Waals surface area contributed by atoms with Gasteiger partial charge in [-0.25, -0.2) is 4.98 Å². The largest absolute Gasteiger partial charge is 0.393 e. The molecule has 7 nitrogen and oxygen atoms in total. The molecule has 4 aliphatic rings. The average molecular weight is 599 g/mol. The number of thioether (sulfide) groups is 1. The molecule has 4 aliphatic carbocycles. The van der Waals surface area contributed by atoms with Crippen LogP contribution < -0.4 is 5.56 Å². The van der Waals surface area contributed by atoms with Crippen molar-refractivity contribution in [1.82, 2.24) is 9.55 Å². The van der Waals surface area contributed by atoms with Crippen LogP contribution in [0.25, 0.3) is 16.6 Å². The first-order valence-electron chi connectivity index (χ1n) is 15.4. The molecule has 1 aromatic heterocycles. The van der Waals surface area contributed by atoms with Gasteiger partial charge in [-0.3, -0.25) is 19.0 Å². The molecule has 0 radical (unpaired) electrons. The van der Waals surface area contributed by atoms with Crippen LogP contribution in [-0.4, -0.2) is 48.8 Å². The average Bonchev–Trinajstić information content (AvgIpc) is 3.27. The van der Waals surface area contributed by atoms with E-state index in [0.717, 1.165) is 25.7 Å². The van der Waals surface area contributed by atoms with Crippen molar-refractivity contribution in [3.8, 4) is 5.69 Å². The highest BCUT2D eigenvalue weighted by molar-refractivity contribution is 7.99. The van der Waals surface area contributed by atoms with Crippen LogP contribution >= 0.6 is 11.8 Å². The number of carbonyl (C=O) groups excluding carboxylic acids is 2. The molecule has 0 aliphatic heterocycles. The van der Waals surface area contributed by atoms with Crippen LogP contribution in [0.5, 0.6) is 0 Å². The first-order valence-corrected chi connectivity index (χ1v) is 16.4. The van der Waals surface area contributed by atoms with Crippen LogP contribution in [0, 0.1) is 28.6 Å². The first kappa shape index (κ1) is 28.7. The van der Waals surface area contributed by atoms with Crippen molar-refractivity contribution in [2.24, 2.45) is 28.6 Å². The zero-order chi connectivity index (χ0) is 30.1. The molecule has 3 saturated carbocycles. The summed E-state index contributed by atoms with van der Waals surface area (Å²) in [5, 5.41) is 24.8. The summed E-state index contributed by atoms with van der Waals surface area (Å²) in [5.74, 6) is 0.181. The van der Waals surface area contributed by atoms with Gasteiger partial charge in [0, 0.05) is 11.8 Å². The number of hydrogen-bond donors (Lipinski definition) is 2. The van der Waals surface area contributed by atoms with Crippen molar-refractivity contribution >= 4 is 34.2 Å². The smallest absolute Gasteiger partial charge is 0.266 e.